The molecule has 0 aromatic carbocycles. The van der Waals surface area contributed by atoms with Gasteiger partial charge in [0, 0.05) is 0 Å². The Morgan fingerprint density at radius 1 is 1.43 bits per heavy atom. The summed E-state index contributed by atoms with van der Waals surface area (Å²) >= 11 is 0. The van der Waals surface area contributed by atoms with E-state index in [1.54, 1.807) is 0 Å². The third-order valence-corrected chi connectivity index (χ3v) is 0.723. The van der Waals surface area contributed by atoms with E-state index in [1.807, 2.05) is 0 Å². The Labute approximate surface area is 42.6 Å². The summed E-state index contributed by atoms with van der Waals surface area (Å²) in [4.78, 5) is 4.76. The Hall–Kier alpha value is -0.120. The molecule has 1 aliphatic heterocycles. The molecule has 1 radical (unpaired) electrons. The highest BCUT2D eigenvalue weighted by Gasteiger charge is 1.94. The highest BCUT2D eigenvalue weighted by Crippen LogP contribution is 1.89. The zero-order valence-corrected chi connectivity index (χ0v) is 4.02. The first-order valence-corrected chi connectivity index (χ1v) is 2.31. The van der Waals surface area contributed by atoms with Gasteiger partial charge < -0.3 is 4.74 Å². The van der Waals surface area contributed by atoms with E-state index in [4.69, 9.17) is 9.57 Å². The smallest absolute Gasteiger partial charge is 0.171 e. The van der Waals surface area contributed by atoms with Crippen molar-refractivity contribution in [3.63, 3.8) is 0 Å². The van der Waals surface area contributed by atoms with Gasteiger partial charge in [-0.3, -0.25) is 4.84 Å². The summed E-state index contributed by atoms with van der Waals surface area (Å²) in [6.45, 7) is 2.94. The molecule has 0 atom stereocenters. The van der Waals surface area contributed by atoms with E-state index in [1.165, 1.54) is 6.73 Å². The lowest BCUT2D eigenvalue weighted by atomic mass is 10.5. The van der Waals surface area contributed by atoms with Crippen molar-refractivity contribution in [2.24, 2.45) is 0 Å². The van der Waals surface area contributed by atoms with Crippen molar-refractivity contribution < 1.29 is 9.57 Å². The predicted molar refractivity (Wildman–Crippen MR) is 24.0 cm³/mol. The van der Waals surface area contributed by atoms with E-state index in [0.717, 1.165) is 19.6 Å². The Bertz CT molecular complexity index is 29.3. The zero-order chi connectivity index (χ0) is 4.95. The Balaban J connectivity index is 2.04. The van der Waals surface area contributed by atoms with Gasteiger partial charge in [-0.25, -0.2) is 0 Å². The van der Waals surface area contributed by atoms with Crippen LogP contribution in [0.1, 0.15) is 6.42 Å². The van der Waals surface area contributed by atoms with E-state index in [9.17, 15) is 0 Å². The molecule has 0 spiro atoms. The van der Waals surface area contributed by atoms with Gasteiger partial charge in [-0.1, -0.05) is 0 Å². The van der Waals surface area contributed by atoms with Gasteiger partial charge in [0.1, 0.15) is 0 Å². The maximum atomic E-state index is 4.83. The van der Waals surface area contributed by atoms with Crippen LogP contribution in [0.3, 0.4) is 0 Å². The van der Waals surface area contributed by atoms with E-state index < -0.39 is 0 Å². The average Bonchev–Trinajstić information content (AvgIpc) is 1.90. The summed E-state index contributed by atoms with van der Waals surface area (Å²) in [5, 5.41) is 0. The fourth-order valence-electron chi connectivity index (χ4n) is 0.400. The molecule has 0 unspecified atom stereocenters. The summed E-state index contributed by atoms with van der Waals surface area (Å²) in [5.41, 5.74) is 2.50. The summed E-state index contributed by atoms with van der Waals surface area (Å²) in [5.74, 6) is 0. The standard InChI is InChI=1S/C4H8NO2/c1-2-6-4-5-7-3-1/h4-5H,1-3H2. The van der Waals surface area contributed by atoms with Crippen molar-refractivity contribution in [3.8, 4) is 0 Å². The van der Waals surface area contributed by atoms with Gasteiger partial charge in [0.05, 0.1) is 13.2 Å². The fraction of sp³-hybridized carbons (Fsp3) is 0.750. The monoisotopic (exact) mass is 102 g/mol. The van der Waals surface area contributed by atoms with Gasteiger partial charge >= 0.3 is 0 Å². The van der Waals surface area contributed by atoms with Crippen LogP contribution < -0.4 is 5.48 Å². The Morgan fingerprint density at radius 2 is 2.43 bits per heavy atom. The zero-order valence-electron chi connectivity index (χ0n) is 4.02. The maximum absolute atomic E-state index is 4.83. The average molecular weight is 102 g/mol. The molecule has 0 saturated carbocycles. The van der Waals surface area contributed by atoms with Crippen LogP contribution in [0.15, 0.2) is 0 Å². The van der Waals surface area contributed by atoms with Crippen LogP contribution in [0.25, 0.3) is 0 Å². The number of ether oxygens (including phenoxy) is 1. The number of rotatable bonds is 0. The molecule has 1 aliphatic rings. The Morgan fingerprint density at radius 3 is 3.43 bits per heavy atom. The highest BCUT2D eigenvalue weighted by atomic mass is 16.7. The largest absolute Gasteiger partial charge is 0.357 e. The van der Waals surface area contributed by atoms with E-state index in [-0.39, 0.29) is 0 Å². The number of hydrogen-bond donors (Lipinski definition) is 1. The van der Waals surface area contributed by atoms with Crippen molar-refractivity contribution in [1.29, 1.82) is 0 Å². The molecule has 0 bridgehead atoms. The van der Waals surface area contributed by atoms with Crippen molar-refractivity contribution >= 4 is 0 Å². The molecule has 1 N–H and O–H groups in total. The number of nitrogens with one attached hydrogen (secondary N) is 1. The molecule has 7 heavy (non-hydrogen) atoms. The summed E-state index contributed by atoms with van der Waals surface area (Å²) < 4.78 is 4.83. The minimum absolute atomic E-state index is 0.733. The first-order chi connectivity index (χ1) is 3.50. The molecular formula is C4H8NO2. The minimum atomic E-state index is 0.733. The molecule has 0 aromatic rings. The summed E-state index contributed by atoms with van der Waals surface area (Å²) in [7, 11) is 0. The molecule has 41 valence electrons. The molecule has 1 saturated heterocycles. The molecular weight excluding hydrogens is 94.0 g/mol. The van der Waals surface area contributed by atoms with Gasteiger partial charge in [-0.15, -0.1) is 0 Å². The summed E-state index contributed by atoms with van der Waals surface area (Å²) in [6, 6.07) is 0. The van der Waals surface area contributed by atoms with Gasteiger partial charge in [-0.05, 0) is 6.42 Å². The predicted octanol–water partition coefficient (Wildman–Crippen LogP) is 0.0472. The van der Waals surface area contributed by atoms with E-state index in [0.29, 0.717) is 0 Å². The van der Waals surface area contributed by atoms with Crippen molar-refractivity contribution in [2.45, 2.75) is 6.42 Å². The quantitative estimate of drug-likeness (QED) is 0.468. The van der Waals surface area contributed by atoms with Gasteiger partial charge in [0.2, 0.25) is 0 Å². The fourth-order valence-corrected chi connectivity index (χ4v) is 0.400. The van der Waals surface area contributed by atoms with Gasteiger partial charge in [0.25, 0.3) is 0 Å². The third kappa shape index (κ3) is 1.87. The molecule has 1 heterocycles. The molecule has 0 aromatic heterocycles. The van der Waals surface area contributed by atoms with Crippen molar-refractivity contribution in [2.75, 3.05) is 13.2 Å². The third-order valence-electron chi connectivity index (χ3n) is 0.723. The van der Waals surface area contributed by atoms with Crippen LogP contribution in [0.5, 0.6) is 0 Å². The molecule has 0 amide bonds. The molecule has 1 rings (SSSR count). The van der Waals surface area contributed by atoms with Crippen LogP contribution in [0, 0.1) is 6.73 Å². The summed E-state index contributed by atoms with van der Waals surface area (Å²) in [6.07, 6.45) is 0.962. The van der Waals surface area contributed by atoms with Crippen LogP contribution in [0.2, 0.25) is 0 Å². The van der Waals surface area contributed by atoms with Crippen molar-refractivity contribution in [3.05, 3.63) is 6.73 Å². The lowest BCUT2D eigenvalue weighted by Gasteiger charge is -1.93. The SMILES string of the molecule is [CH]1NOCCCO1. The second kappa shape index (κ2) is 2.96. The topological polar surface area (TPSA) is 30.5 Å². The first kappa shape index (κ1) is 5.03. The lowest BCUT2D eigenvalue weighted by molar-refractivity contribution is 0.0467. The second-order valence-electron chi connectivity index (χ2n) is 1.31. The molecule has 3 heteroatoms. The van der Waals surface area contributed by atoms with Gasteiger partial charge in [-0.2, -0.15) is 5.48 Å². The first-order valence-electron chi connectivity index (χ1n) is 2.31. The van der Waals surface area contributed by atoms with E-state index in [2.05, 4.69) is 5.48 Å². The van der Waals surface area contributed by atoms with Crippen molar-refractivity contribution in [1.82, 2.24) is 5.48 Å². The second-order valence-corrected chi connectivity index (χ2v) is 1.31. The van der Waals surface area contributed by atoms with Gasteiger partial charge in [0.15, 0.2) is 6.73 Å². The van der Waals surface area contributed by atoms with Crippen LogP contribution in [-0.2, 0) is 9.57 Å². The Kier molecular flexibility index (Phi) is 2.12. The van der Waals surface area contributed by atoms with Crippen LogP contribution in [0.4, 0.5) is 0 Å². The lowest BCUT2D eigenvalue weighted by Crippen LogP contribution is -2.08. The normalized spacial score (nSPS) is 24.0. The highest BCUT2D eigenvalue weighted by molar-refractivity contribution is 4.42. The number of hydrogen-bond acceptors (Lipinski definition) is 3. The molecule has 3 nitrogen and oxygen atoms in total. The maximum Gasteiger partial charge on any atom is 0.171 e. The van der Waals surface area contributed by atoms with E-state index >= 15 is 0 Å². The molecule has 0 aliphatic carbocycles. The minimum Gasteiger partial charge on any atom is -0.357 e. The van der Waals surface area contributed by atoms with Crippen LogP contribution >= 0.6 is 0 Å². The number of hydroxylamine groups is 1. The van der Waals surface area contributed by atoms with Crippen LogP contribution in [-0.4, -0.2) is 13.2 Å². The molecule has 1 fully saturated rings.